The molecular weight excluding hydrogens is 219 g/mol. The normalized spacial score (nSPS) is 41.4. The fraction of sp³-hybridized carbons (Fsp3) is 1.00. The van der Waals surface area contributed by atoms with Crippen molar-refractivity contribution in [3.8, 4) is 0 Å². The molecule has 14 heavy (non-hydrogen) atoms. The summed E-state index contributed by atoms with van der Waals surface area (Å²) in [5.41, 5.74) is -2.25. The maximum absolute atomic E-state index is 12.3. The second kappa shape index (κ2) is 2.27. The van der Waals surface area contributed by atoms with Crippen LogP contribution in [-0.2, 0) is 10.0 Å². The highest BCUT2D eigenvalue weighted by atomic mass is 32.2. The summed E-state index contributed by atoms with van der Waals surface area (Å²) in [7, 11) is -3.64. The van der Waals surface area contributed by atoms with Crippen LogP contribution in [0.2, 0.25) is 0 Å². The average molecular weight is 229 g/mol. The number of rotatable bonds is 2. The molecule has 82 valence electrons. The van der Waals surface area contributed by atoms with E-state index in [9.17, 15) is 21.6 Å². The van der Waals surface area contributed by atoms with Crippen LogP contribution in [0.3, 0.4) is 0 Å². The van der Waals surface area contributed by atoms with E-state index in [4.69, 9.17) is 5.14 Å². The van der Waals surface area contributed by atoms with Gasteiger partial charge in [-0.3, -0.25) is 0 Å². The van der Waals surface area contributed by atoms with Crippen molar-refractivity contribution in [1.82, 2.24) is 0 Å². The second-order valence-corrected chi connectivity index (χ2v) is 6.23. The van der Waals surface area contributed by atoms with Crippen LogP contribution in [0.5, 0.6) is 0 Å². The molecular formula is C7H10F3NO2S. The van der Waals surface area contributed by atoms with Gasteiger partial charge in [0, 0.05) is 0 Å². The standard InChI is InChI=1S/C7H10F3NO2S/c8-7(9,10)6-1-5(2-6,3-6)4-14(11,12)13/h1-4H2,(H2,11,12,13). The molecule has 0 aliphatic heterocycles. The number of nitrogens with two attached hydrogens (primary N) is 1. The lowest BCUT2D eigenvalue weighted by molar-refractivity contribution is -0.356. The molecule has 0 unspecified atom stereocenters. The smallest absolute Gasteiger partial charge is 0.229 e. The van der Waals surface area contributed by atoms with Crippen molar-refractivity contribution >= 4 is 10.0 Å². The van der Waals surface area contributed by atoms with Gasteiger partial charge in [-0.15, -0.1) is 0 Å². The lowest BCUT2D eigenvalue weighted by atomic mass is 9.35. The molecule has 0 spiro atoms. The molecule has 3 fully saturated rings. The highest BCUT2D eigenvalue weighted by molar-refractivity contribution is 7.89. The Morgan fingerprint density at radius 2 is 1.64 bits per heavy atom. The van der Waals surface area contributed by atoms with Gasteiger partial charge in [-0.1, -0.05) is 0 Å². The van der Waals surface area contributed by atoms with Crippen LogP contribution in [-0.4, -0.2) is 20.3 Å². The molecule has 2 N–H and O–H groups in total. The van der Waals surface area contributed by atoms with Gasteiger partial charge in [-0.2, -0.15) is 13.2 Å². The molecule has 7 heteroatoms. The SMILES string of the molecule is NS(=O)(=O)CC12CC(C(F)(F)F)(C1)C2. The van der Waals surface area contributed by atoms with Crippen molar-refractivity contribution in [2.75, 3.05) is 5.75 Å². The van der Waals surface area contributed by atoms with E-state index < -0.39 is 27.0 Å². The third-order valence-electron chi connectivity index (χ3n) is 3.25. The van der Waals surface area contributed by atoms with Gasteiger partial charge in [-0.05, 0) is 24.7 Å². The van der Waals surface area contributed by atoms with Gasteiger partial charge in [-0.25, -0.2) is 13.6 Å². The minimum atomic E-state index is -4.19. The summed E-state index contributed by atoms with van der Waals surface area (Å²) in [4.78, 5) is 0. The van der Waals surface area contributed by atoms with Crippen molar-refractivity contribution < 1.29 is 21.6 Å². The molecule has 0 radical (unpaired) electrons. The number of primary sulfonamides is 1. The molecule has 3 aliphatic carbocycles. The van der Waals surface area contributed by atoms with Crippen LogP contribution in [0.15, 0.2) is 0 Å². The minimum absolute atomic E-state index is 0.0695. The summed E-state index contributed by atoms with van der Waals surface area (Å²) >= 11 is 0. The van der Waals surface area contributed by atoms with Gasteiger partial charge in [0.2, 0.25) is 10.0 Å². The Hall–Kier alpha value is -0.300. The van der Waals surface area contributed by atoms with Gasteiger partial charge < -0.3 is 0 Å². The largest absolute Gasteiger partial charge is 0.394 e. The molecule has 3 saturated carbocycles. The van der Waals surface area contributed by atoms with Crippen LogP contribution < -0.4 is 5.14 Å². The average Bonchev–Trinajstić information content (AvgIpc) is 1.68. The zero-order chi connectivity index (χ0) is 10.8. The predicted octanol–water partition coefficient (Wildman–Crippen LogP) is 1.01. The van der Waals surface area contributed by atoms with Gasteiger partial charge in [0.05, 0.1) is 11.2 Å². The lowest BCUT2D eigenvalue weighted by Crippen LogP contribution is -2.70. The van der Waals surface area contributed by atoms with Gasteiger partial charge >= 0.3 is 6.18 Å². The number of alkyl halides is 3. The summed E-state index contributed by atoms with van der Waals surface area (Å²) in [5, 5.41) is 4.80. The highest BCUT2D eigenvalue weighted by Gasteiger charge is 2.78. The quantitative estimate of drug-likeness (QED) is 0.768. The van der Waals surface area contributed by atoms with Crippen LogP contribution in [0, 0.1) is 10.8 Å². The van der Waals surface area contributed by atoms with Crippen molar-refractivity contribution in [1.29, 1.82) is 0 Å². The fourth-order valence-electron chi connectivity index (χ4n) is 2.88. The first-order chi connectivity index (χ1) is 6.08. The fourth-order valence-corrected chi connectivity index (χ4v) is 4.04. The second-order valence-electron chi connectivity index (χ2n) is 4.62. The first kappa shape index (κ1) is 10.2. The molecule has 0 amide bonds. The summed E-state index contributed by atoms with van der Waals surface area (Å²) in [6.45, 7) is 0. The van der Waals surface area contributed by atoms with E-state index in [1.54, 1.807) is 0 Å². The Kier molecular flexibility index (Phi) is 1.65. The zero-order valence-electron chi connectivity index (χ0n) is 7.26. The molecule has 0 heterocycles. The Bertz CT molecular complexity index is 353. The molecule has 0 aromatic rings. The summed E-state index contributed by atoms with van der Waals surface area (Å²) in [6.07, 6.45) is -4.40. The van der Waals surface area contributed by atoms with Crippen molar-refractivity contribution in [2.45, 2.75) is 25.4 Å². The number of sulfonamides is 1. The number of hydrogen-bond acceptors (Lipinski definition) is 2. The first-order valence-electron chi connectivity index (χ1n) is 4.15. The van der Waals surface area contributed by atoms with Crippen LogP contribution in [0.25, 0.3) is 0 Å². The van der Waals surface area contributed by atoms with Crippen LogP contribution >= 0.6 is 0 Å². The zero-order valence-corrected chi connectivity index (χ0v) is 8.08. The monoisotopic (exact) mass is 229 g/mol. The van der Waals surface area contributed by atoms with E-state index in [-0.39, 0.29) is 25.0 Å². The maximum atomic E-state index is 12.3. The molecule has 0 saturated heterocycles. The molecule has 3 aliphatic rings. The Morgan fingerprint density at radius 1 is 1.21 bits per heavy atom. The Balaban J connectivity index is 2.02. The molecule has 0 aromatic heterocycles. The predicted molar refractivity (Wildman–Crippen MR) is 42.7 cm³/mol. The van der Waals surface area contributed by atoms with Crippen molar-refractivity contribution in [3.63, 3.8) is 0 Å². The topological polar surface area (TPSA) is 60.2 Å². The Morgan fingerprint density at radius 3 is 1.93 bits per heavy atom. The highest BCUT2D eigenvalue weighted by Crippen LogP contribution is 2.78. The van der Waals surface area contributed by atoms with E-state index in [1.807, 2.05) is 0 Å². The van der Waals surface area contributed by atoms with Crippen LogP contribution in [0.4, 0.5) is 13.2 Å². The van der Waals surface area contributed by atoms with E-state index in [0.29, 0.717) is 0 Å². The van der Waals surface area contributed by atoms with E-state index >= 15 is 0 Å². The molecule has 2 bridgehead atoms. The first-order valence-corrected chi connectivity index (χ1v) is 5.86. The molecule has 3 nitrogen and oxygen atoms in total. The van der Waals surface area contributed by atoms with E-state index in [1.165, 1.54) is 0 Å². The lowest BCUT2D eigenvalue weighted by Gasteiger charge is -2.70. The van der Waals surface area contributed by atoms with E-state index in [2.05, 4.69) is 0 Å². The van der Waals surface area contributed by atoms with Crippen LogP contribution in [0.1, 0.15) is 19.3 Å². The van der Waals surface area contributed by atoms with Gasteiger partial charge in [0.15, 0.2) is 0 Å². The molecule has 0 aromatic carbocycles. The summed E-state index contributed by atoms with van der Waals surface area (Å²) in [5.74, 6) is -0.308. The summed E-state index contributed by atoms with van der Waals surface area (Å²) < 4.78 is 58.5. The van der Waals surface area contributed by atoms with Crippen molar-refractivity contribution in [2.24, 2.45) is 16.0 Å². The van der Waals surface area contributed by atoms with Crippen molar-refractivity contribution in [3.05, 3.63) is 0 Å². The summed E-state index contributed by atoms with van der Waals surface area (Å²) in [6, 6.07) is 0. The van der Waals surface area contributed by atoms with Gasteiger partial charge in [0.25, 0.3) is 0 Å². The minimum Gasteiger partial charge on any atom is -0.229 e. The molecule has 0 atom stereocenters. The van der Waals surface area contributed by atoms with Gasteiger partial charge in [0.1, 0.15) is 0 Å². The third kappa shape index (κ3) is 1.25. The number of hydrogen-bond donors (Lipinski definition) is 1. The number of halogens is 3. The molecule has 3 rings (SSSR count). The third-order valence-corrected chi connectivity index (χ3v) is 4.26. The van der Waals surface area contributed by atoms with E-state index in [0.717, 1.165) is 0 Å². The maximum Gasteiger partial charge on any atom is 0.394 e. The Labute approximate surface area is 79.5 Å².